The fourth-order valence-corrected chi connectivity index (χ4v) is 12.5. The molecule has 5 N–H and O–H groups in total. The summed E-state index contributed by atoms with van der Waals surface area (Å²) in [5.74, 6) is 0.117. The van der Waals surface area contributed by atoms with Gasteiger partial charge in [0.15, 0.2) is 0 Å². The first-order valence-electron chi connectivity index (χ1n) is 30.7. The summed E-state index contributed by atoms with van der Waals surface area (Å²) in [6.07, 6.45) is 8.66. The topological polar surface area (TPSA) is 234 Å². The number of rotatable bonds is 20. The molecule has 4 aliphatic heterocycles. The maximum absolute atomic E-state index is 14.1. The molecule has 0 spiro atoms. The van der Waals surface area contributed by atoms with Gasteiger partial charge in [0, 0.05) is 101 Å². The number of carbonyl (C=O) groups is 4. The molecule has 6 heterocycles. The Labute approximate surface area is 514 Å². The van der Waals surface area contributed by atoms with Crippen molar-refractivity contribution < 1.29 is 48.0 Å². The second-order valence-electron chi connectivity index (χ2n) is 24.4. The number of ether oxygens (including phenoxy) is 5. The van der Waals surface area contributed by atoms with Crippen LogP contribution in [0.25, 0.3) is 21.7 Å². The fraction of sp³-hybridized carbons (Fsp3) is 0.523. The van der Waals surface area contributed by atoms with Gasteiger partial charge >= 0.3 is 0 Å². The van der Waals surface area contributed by atoms with E-state index in [0.29, 0.717) is 58.7 Å². The van der Waals surface area contributed by atoms with Gasteiger partial charge < -0.3 is 59.9 Å². The standard InChI is InChI=1S/C65H85N11O10S/c1-44-60(87-43-68-44)47-12-10-45(11-13-47)37-67-62(80)56-36-52(77)38-76(56)63(81)61(65(2,3)4)72-59(79)42-84-30-26-73-20-17-53(18-21-73)86-54-34-51(35-54)69-58(78)39-75-24-22-74(23-25-75)27-31-85-57-15-14-50-33-49(57)41-83-29-6-5-28-82-40-46-8-7-9-48(32-46)55-16-19-66-64(70-50)71-55/h5-16,19,32-33,43,51-54,56,61,77H,17-18,20-31,34-42H2,1-4H3,(H,67,80)(H,69,78)(H,72,79)(H,66,70,71)/b6-5+/t51-,52-,54-,56+,61-/m1/s1. The quantitative estimate of drug-likeness (QED) is 0.0453. The van der Waals surface area contributed by atoms with Crippen molar-refractivity contribution in [2.24, 2.45) is 5.41 Å². The lowest BCUT2D eigenvalue weighted by molar-refractivity contribution is -0.144. The number of likely N-dealkylation sites (tertiary alicyclic amines) is 2. The van der Waals surface area contributed by atoms with Crippen molar-refractivity contribution in [2.45, 2.75) is 116 Å². The minimum absolute atomic E-state index is 0.00296. The highest BCUT2D eigenvalue weighted by molar-refractivity contribution is 7.13. The second kappa shape index (κ2) is 30.5. The van der Waals surface area contributed by atoms with Crippen LogP contribution in [0.4, 0.5) is 11.6 Å². The molecule has 1 saturated carbocycles. The molecule has 21 nitrogen and oxygen atoms in total. The number of thiazole rings is 1. The first-order chi connectivity index (χ1) is 42.1. The Bertz CT molecular complexity index is 3120. The summed E-state index contributed by atoms with van der Waals surface area (Å²) in [4.78, 5) is 77.0. The molecular weight excluding hydrogens is 1130 g/mol. The van der Waals surface area contributed by atoms with E-state index in [9.17, 15) is 24.3 Å². The van der Waals surface area contributed by atoms with Crippen LogP contribution in [0.5, 0.6) is 5.75 Å². The number of aliphatic hydroxyl groups is 1. The van der Waals surface area contributed by atoms with Crippen LogP contribution in [0, 0.1) is 12.3 Å². The van der Waals surface area contributed by atoms with Crippen LogP contribution in [-0.2, 0) is 57.9 Å². The molecule has 5 aromatic rings. The average molecular weight is 1210 g/mol. The number of β-amino-alcohol motifs (C(OH)–C–C–N with tert-alkyl or cyclic N) is 1. The van der Waals surface area contributed by atoms with E-state index in [0.717, 1.165) is 127 Å². The van der Waals surface area contributed by atoms with Crippen LogP contribution in [-0.4, -0.2) is 198 Å². The van der Waals surface area contributed by atoms with Crippen molar-refractivity contribution in [1.29, 1.82) is 0 Å². The number of benzene rings is 3. The highest BCUT2D eigenvalue weighted by Crippen LogP contribution is 2.31. The van der Waals surface area contributed by atoms with Crippen LogP contribution in [0.1, 0.15) is 75.3 Å². The Hall–Kier alpha value is -6.73. The average Bonchev–Trinajstić information content (AvgIpc) is 3.43. The number of hydrogen-bond acceptors (Lipinski definition) is 18. The third-order valence-corrected chi connectivity index (χ3v) is 17.7. The molecule has 3 aromatic carbocycles. The van der Waals surface area contributed by atoms with E-state index in [1.807, 2.05) is 112 Å². The molecule has 10 rings (SSSR count). The Balaban J connectivity index is 0.573. The van der Waals surface area contributed by atoms with Crippen LogP contribution in [0.2, 0.25) is 0 Å². The lowest BCUT2D eigenvalue weighted by Gasteiger charge is -2.40. The highest BCUT2D eigenvalue weighted by atomic mass is 32.1. The molecule has 3 atom stereocenters. The Kier molecular flexibility index (Phi) is 22.2. The fourth-order valence-electron chi connectivity index (χ4n) is 11.7. The van der Waals surface area contributed by atoms with E-state index in [4.69, 9.17) is 28.7 Å². The molecule has 0 unspecified atom stereocenters. The van der Waals surface area contributed by atoms with E-state index < -0.39 is 35.4 Å². The van der Waals surface area contributed by atoms with Gasteiger partial charge in [-0.2, -0.15) is 0 Å². The number of nitrogens with one attached hydrogen (secondary N) is 4. The molecule has 1 aliphatic carbocycles. The van der Waals surface area contributed by atoms with Crippen molar-refractivity contribution in [3.05, 3.63) is 119 Å². The van der Waals surface area contributed by atoms with Gasteiger partial charge in [-0.1, -0.05) is 75.4 Å². The maximum Gasteiger partial charge on any atom is 0.246 e. The summed E-state index contributed by atoms with van der Waals surface area (Å²) in [7, 11) is 0. The monoisotopic (exact) mass is 1210 g/mol. The van der Waals surface area contributed by atoms with Gasteiger partial charge in [0.2, 0.25) is 29.6 Å². The molecule has 4 fully saturated rings. The molecule has 22 heteroatoms. The minimum Gasteiger partial charge on any atom is -0.492 e. The van der Waals surface area contributed by atoms with Crippen LogP contribution >= 0.6 is 11.3 Å². The van der Waals surface area contributed by atoms with Gasteiger partial charge in [-0.3, -0.25) is 29.0 Å². The molecule has 2 aromatic heterocycles. The van der Waals surface area contributed by atoms with Crippen molar-refractivity contribution in [3.8, 4) is 27.4 Å². The van der Waals surface area contributed by atoms with Crippen molar-refractivity contribution in [1.82, 2.24) is 50.5 Å². The SMILES string of the molecule is Cc1ncsc1-c1ccc(CNC(=O)[C@@H]2C[C@@H](O)CN2C(=O)[C@@H](NC(=O)COCCN2CCC(O[C@H]3C[C@H](NC(=O)CN4CCN(CCOc5ccc6cc5COC/C=C/COCc5cccc(c5)-c5ccnc(n5)N6)CC4)C3)CC2)C(C)(C)C)cc1. The number of piperidine rings is 1. The number of fused-ring (bicyclic) bond motifs is 7. The summed E-state index contributed by atoms with van der Waals surface area (Å²) >= 11 is 1.58. The highest BCUT2D eigenvalue weighted by Gasteiger charge is 2.44. The zero-order chi connectivity index (χ0) is 60.7. The van der Waals surface area contributed by atoms with Gasteiger partial charge in [-0.15, -0.1) is 11.3 Å². The van der Waals surface area contributed by atoms with Gasteiger partial charge in [-0.05, 0) is 85.0 Å². The predicted octanol–water partition coefficient (Wildman–Crippen LogP) is 5.87. The minimum atomic E-state index is -0.943. The molecule has 87 heavy (non-hydrogen) atoms. The zero-order valence-electron chi connectivity index (χ0n) is 50.6. The first kappa shape index (κ1) is 63.3. The smallest absolute Gasteiger partial charge is 0.246 e. The molecule has 4 amide bonds. The van der Waals surface area contributed by atoms with Crippen molar-refractivity contribution in [2.75, 3.05) is 104 Å². The van der Waals surface area contributed by atoms with Gasteiger partial charge in [-0.25, -0.2) is 15.0 Å². The maximum atomic E-state index is 14.1. The van der Waals surface area contributed by atoms with Crippen LogP contribution in [0.3, 0.4) is 0 Å². The predicted molar refractivity (Wildman–Crippen MR) is 332 cm³/mol. The molecule has 0 radical (unpaired) electrons. The summed E-state index contributed by atoms with van der Waals surface area (Å²) in [6.45, 7) is 17.1. The lowest BCUT2D eigenvalue weighted by atomic mass is 9.85. The van der Waals surface area contributed by atoms with E-state index in [2.05, 4.69) is 52.0 Å². The molecule has 3 saturated heterocycles. The van der Waals surface area contributed by atoms with Gasteiger partial charge in [0.05, 0.1) is 79.7 Å². The van der Waals surface area contributed by atoms with Crippen LogP contribution < -0.4 is 26.0 Å². The number of aliphatic hydroxyl groups excluding tert-OH is 1. The molecule has 466 valence electrons. The van der Waals surface area contributed by atoms with E-state index in [1.165, 1.54) is 4.90 Å². The van der Waals surface area contributed by atoms with E-state index in [1.54, 1.807) is 17.5 Å². The Morgan fingerprint density at radius 2 is 1.56 bits per heavy atom. The molecular formula is C65H85N11O10S. The van der Waals surface area contributed by atoms with Crippen molar-refractivity contribution >= 4 is 46.6 Å². The number of piperazine rings is 1. The number of nitrogens with zero attached hydrogens (tertiary/aromatic N) is 7. The van der Waals surface area contributed by atoms with E-state index >= 15 is 0 Å². The van der Waals surface area contributed by atoms with Gasteiger partial charge in [0.25, 0.3) is 0 Å². The van der Waals surface area contributed by atoms with Gasteiger partial charge in [0.1, 0.15) is 31.0 Å². The number of aromatic nitrogens is 3. The third kappa shape index (κ3) is 18.2. The summed E-state index contributed by atoms with van der Waals surface area (Å²) in [5, 5.41) is 23.1. The van der Waals surface area contributed by atoms with Crippen molar-refractivity contribution in [3.63, 3.8) is 0 Å². The number of carbonyl (C=O) groups excluding carboxylic acids is 4. The van der Waals surface area contributed by atoms with E-state index in [-0.39, 0.29) is 56.2 Å². The second-order valence-corrected chi connectivity index (χ2v) is 25.3. The molecule has 6 bridgehead atoms. The number of anilines is 2. The summed E-state index contributed by atoms with van der Waals surface area (Å²) in [6, 6.07) is 22.3. The largest absolute Gasteiger partial charge is 0.492 e. The third-order valence-electron chi connectivity index (χ3n) is 16.7. The number of hydrogen-bond donors (Lipinski definition) is 5. The Morgan fingerprint density at radius 3 is 2.32 bits per heavy atom. The lowest BCUT2D eigenvalue weighted by Crippen LogP contribution is -2.58. The normalized spacial score (nSPS) is 21.6. The number of aryl methyl sites for hydroxylation is 1. The summed E-state index contributed by atoms with van der Waals surface area (Å²) < 4.78 is 30.6. The summed E-state index contributed by atoms with van der Waals surface area (Å²) in [5.41, 5.74) is 8.69. The number of amides is 4. The molecule has 5 aliphatic rings. The zero-order valence-corrected chi connectivity index (χ0v) is 51.4. The Morgan fingerprint density at radius 1 is 0.816 bits per heavy atom. The first-order valence-corrected chi connectivity index (χ1v) is 31.5. The van der Waals surface area contributed by atoms with Crippen LogP contribution in [0.15, 0.2) is 96.7 Å².